The standard InChI is InChI=1S/C15H18Cl2N4/c1-3-18-14-12(16)10-13(17)15(20-14)21(2)9-7-11-6-4-5-8-19-11/h4-6,8,10H,3,7,9H2,1-2H3,(H,18,20). The molecule has 0 radical (unpaired) electrons. The highest BCUT2D eigenvalue weighted by Crippen LogP contribution is 2.30. The molecule has 0 saturated carbocycles. The number of nitrogens with one attached hydrogen (secondary N) is 1. The van der Waals surface area contributed by atoms with Gasteiger partial charge in [-0.25, -0.2) is 4.98 Å². The van der Waals surface area contributed by atoms with Crippen molar-refractivity contribution in [1.82, 2.24) is 9.97 Å². The van der Waals surface area contributed by atoms with E-state index in [1.54, 1.807) is 12.3 Å². The van der Waals surface area contributed by atoms with E-state index in [1.165, 1.54) is 0 Å². The van der Waals surface area contributed by atoms with Crippen molar-refractivity contribution in [3.8, 4) is 0 Å². The van der Waals surface area contributed by atoms with Gasteiger partial charge in [-0.15, -0.1) is 0 Å². The van der Waals surface area contributed by atoms with Gasteiger partial charge in [-0.2, -0.15) is 0 Å². The molecular formula is C15H18Cl2N4. The van der Waals surface area contributed by atoms with Crippen molar-refractivity contribution in [2.75, 3.05) is 30.4 Å². The lowest BCUT2D eigenvalue weighted by Gasteiger charge is -2.20. The molecule has 1 N–H and O–H groups in total. The quantitative estimate of drug-likeness (QED) is 0.875. The highest BCUT2D eigenvalue weighted by atomic mass is 35.5. The van der Waals surface area contributed by atoms with Gasteiger partial charge in [0.05, 0.1) is 10.0 Å². The lowest BCUT2D eigenvalue weighted by Crippen LogP contribution is -2.22. The Morgan fingerprint density at radius 1 is 1.24 bits per heavy atom. The van der Waals surface area contributed by atoms with Crippen molar-refractivity contribution in [2.24, 2.45) is 0 Å². The third-order valence-corrected chi connectivity index (χ3v) is 3.61. The van der Waals surface area contributed by atoms with Crippen LogP contribution >= 0.6 is 23.2 Å². The molecule has 0 atom stereocenters. The second-order valence-corrected chi connectivity index (χ2v) is 5.46. The highest BCUT2D eigenvalue weighted by Gasteiger charge is 2.12. The molecule has 0 spiro atoms. The first-order chi connectivity index (χ1) is 10.1. The fourth-order valence-corrected chi connectivity index (χ4v) is 2.52. The van der Waals surface area contributed by atoms with Gasteiger partial charge in [0.25, 0.3) is 0 Å². The van der Waals surface area contributed by atoms with Crippen LogP contribution in [0, 0.1) is 0 Å². The van der Waals surface area contributed by atoms with Crippen LogP contribution in [0.15, 0.2) is 30.5 Å². The minimum absolute atomic E-state index is 0.531. The molecule has 2 rings (SSSR count). The smallest absolute Gasteiger partial charge is 0.149 e. The second-order valence-electron chi connectivity index (χ2n) is 4.65. The first-order valence-corrected chi connectivity index (χ1v) is 7.58. The summed E-state index contributed by atoms with van der Waals surface area (Å²) in [4.78, 5) is 10.8. The number of halogens is 2. The summed E-state index contributed by atoms with van der Waals surface area (Å²) in [5, 5.41) is 4.21. The molecular weight excluding hydrogens is 307 g/mol. The number of rotatable bonds is 6. The third-order valence-electron chi connectivity index (χ3n) is 3.05. The molecule has 112 valence electrons. The van der Waals surface area contributed by atoms with Gasteiger partial charge in [-0.1, -0.05) is 29.3 Å². The predicted molar refractivity (Wildman–Crippen MR) is 89.6 cm³/mol. The van der Waals surface area contributed by atoms with E-state index in [1.807, 2.05) is 37.1 Å². The molecule has 2 aromatic rings. The van der Waals surface area contributed by atoms with Crippen molar-refractivity contribution >= 4 is 34.8 Å². The molecule has 0 aliphatic heterocycles. The number of hydrogen-bond acceptors (Lipinski definition) is 4. The maximum absolute atomic E-state index is 6.25. The molecule has 6 heteroatoms. The van der Waals surface area contributed by atoms with E-state index in [4.69, 9.17) is 23.2 Å². The molecule has 0 aromatic carbocycles. The summed E-state index contributed by atoms with van der Waals surface area (Å²) in [5.74, 6) is 1.37. The van der Waals surface area contributed by atoms with Crippen molar-refractivity contribution in [3.63, 3.8) is 0 Å². The highest BCUT2D eigenvalue weighted by molar-refractivity contribution is 6.37. The first kappa shape index (κ1) is 15.9. The maximum atomic E-state index is 6.25. The zero-order chi connectivity index (χ0) is 15.2. The van der Waals surface area contributed by atoms with E-state index in [-0.39, 0.29) is 0 Å². The summed E-state index contributed by atoms with van der Waals surface area (Å²) in [6, 6.07) is 7.63. The molecule has 0 unspecified atom stereocenters. The normalized spacial score (nSPS) is 10.5. The van der Waals surface area contributed by atoms with E-state index in [0.717, 1.165) is 25.2 Å². The monoisotopic (exact) mass is 324 g/mol. The summed E-state index contributed by atoms with van der Waals surface area (Å²) < 4.78 is 0. The lowest BCUT2D eigenvalue weighted by molar-refractivity contribution is 0.839. The van der Waals surface area contributed by atoms with Crippen LogP contribution in [0.2, 0.25) is 10.0 Å². The van der Waals surface area contributed by atoms with Crippen LogP contribution in [-0.2, 0) is 6.42 Å². The van der Waals surface area contributed by atoms with Crippen LogP contribution in [0.4, 0.5) is 11.6 Å². The van der Waals surface area contributed by atoms with Gasteiger partial charge in [0.1, 0.15) is 11.6 Å². The molecule has 0 amide bonds. The Morgan fingerprint density at radius 2 is 2.05 bits per heavy atom. The van der Waals surface area contributed by atoms with Crippen molar-refractivity contribution < 1.29 is 0 Å². The lowest BCUT2D eigenvalue weighted by atomic mass is 10.2. The Labute approximate surface area is 135 Å². The van der Waals surface area contributed by atoms with Crippen molar-refractivity contribution in [2.45, 2.75) is 13.3 Å². The Balaban J connectivity index is 2.11. The summed E-state index contributed by atoms with van der Waals surface area (Å²) in [5.41, 5.74) is 1.04. The Hall–Kier alpha value is -1.52. The molecule has 0 fully saturated rings. The van der Waals surface area contributed by atoms with E-state index >= 15 is 0 Å². The topological polar surface area (TPSA) is 41.1 Å². The van der Waals surface area contributed by atoms with E-state index < -0.39 is 0 Å². The maximum Gasteiger partial charge on any atom is 0.149 e. The molecule has 0 aliphatic carbocycles. The second kappa shape index (κ2) is 7.48. The van der Waals surface area contributed by atoms with Gasteiger partial charge in [0, 0.05) is 38.4 Å². The van der Waals surface area contributed by atoms with Crippen LogP contribution < -0.4 is 10.2 Å². The first-order valence-electron chi connectivity index (χ1n) is 6.82. The summed E-state index contributed by atoms with van der Waals surface area (Å²) in [7, 11) is 1.96. The molecule has 2 heterocycles. The molecule has 2 aromatic heterocycles. The number of hydrogen-bond donors (Lipinski definition) is 1. The summed E-state index contributed by atoms with van der Waals surface area (Å²) in [6.45, 7) is 3.53. The molecule has 0 aliphatic rings. The number of anilines is 2. The van der Waals surface area contributed by atoms with Gasteiger partial charge in [0.2, 0.25) is 0 Å². The molecule has 21 heavy (non-hydrogen) atoms. The van der Waals surface area contributed by atoms with Gasteiger partial charge >= 0.3 is 0 Å². The minimum Gasteiger partial charge on any atom is -0.369 e. The van der Waals surface area contributed by atoms with Crippen molar-refractivity contribution in [3.05, 3.63) is 46.2 Å². The van der Waals surface area contributed by atoms with E-state index in [0.29, 0.717) is 21.7 Å². The van der Waals surface area contributed by atoms with Crippen molar-refractivity contribution in [1.29, 1.82) is 0 Å². The van der Waals surface area contributed by atoms with Crippen LogP contribution in [0.3, 0.4) is 0 Å². The van der Waals surface area contributed by atoms with Gasteiger partial charge in [0.15, 0.2) is 0 Å². The van der Waals surface area contributed by atoms with E-state index in [2.05, 4.69) is 15.3 Å². The third kappa shape index (κ3) is 4.22. The number of aromatic nitrogens is 2. The van der Waals surface area contributed by atoms with Gasteiger partial charge in [-0.3, -0.25) is 4.98 Å². The van der Waals surface area contributed by atoms with Crippen LogP contribution in [-0.4, -0.2) is 30.1 Å². The predicted octanol–water partition coefficient (Wildman–Crippen LogP) is 3.89. The molecule has 0 saturated heterocycles. The zero-order valence-electron chi connectivity index (χ0n) is 12.1. The van der Waals surface area contributed by atoms with Crippen LogP contribution in [0.5, 0.6) is 0 Å². The van der Waals surface area contributed by atoms with Crippen LogP contribution in [0.1, 0.15) is 12.6 Å². The molecule has 4 nitrogen and oxygen atoms in total. The number of nitrogens with zero attached hydrogens (tertiary/aromatic N) is 3. The summed E-state index contributed by atoms with van der Waals surface area (Å²) in [6.07, 6.45) is 2.63. The SMILES string of the molecule is CCNc1nc(N(C)CCc2ccccn2)c(Cl)cc1Cl. The number of pyridine rings is 2. The number of likely N-dealkylation sites (N-methyl/N-ethyl adjacent to an activating group) is 1. The minimum atomic E-state index is 0.531. The summed E-state index contributed by atoms with van der Waals surface area (Å²) >= 11 is 12.4. The fourth-order valence-electron chi connectivity index (χ4n) is 1.95. The van der Waals surface area contributed by atoms with E-state index in [9.17, 15) is 0 Å². The Morgan fingerprint density at radius 3 is 2.71 bits per heavy atom. The largest absolute Gasteiger partial charge is 0.369 e. The van der Waals surface area contributed by atoms with Gasteiger partial charge in [-0.05, 0) is 25.1 Å². The zero-order valence-corrected chi connectivity index (χ0v) is 13.6. The average molecular weight is 325 g/mol. The van der Waals surface area contributed by atoms with Gasteiger partial charge < -0.3 is 10.2 Å². The molecule has 0 bridgehead atoms. The fraction of sp³-hybridized carbons (Fsp3) is 0.333. The Kier molecular flexibility index (Phi) is 5.65. The Bertz CT molecular complexity index is 590. The van der Waals surface area contributed by atoms with Crippen LogP contribution in [0.25, 0.3) is 0 Å². The average Bonchev–Trinajstić information content (AvgIpc) is 2.49.